The summed E-state index contributed by atoms with van der Waals surface area (Å²) >= 11 is 0. The molecule has 1 aliphatic rings. The predicted molar refractivity (Wildman–Crippen MR) is 78.8 cm³/mol. The van der Waals surface area contributed by atoms with Crippen LogP contribution < -0.4 is 5.32 Å². The third-order valence-electron chi connectivity index (χ3n) is 3.75. The third-order valence-corrected chi connectivity index (χ3v) is 3.75. The van der Waals surface area contributed by atoms with Crippen molar-refractivity contribution in [2.75, 3.05) is 6.61 Å². The highest BCUT2D eigenvalue weighted by atomic mass is 16.2. The monoisotopic (exact) mass is 271 g/mol. The van der Waals surface area contributed by atoms with Crippen molar-refractivity contribution in [3.63, 3.8) is 0 Å². The van der Waals surface area contributed by atoms with Gasteiger partial charge < -0.3 is 10.4 Å². The second kappa shape index (κ2) is 7.72. The average molecular weight is 271 g/mol. The van der Waals surface area contributed by atoms with Crippen molar-refractivity contribution in [1.82, 2.24) is 5.32 Å². The Morgan fingerprint density at radius 2 is 2.00 bits per heavy atom. The lowest BCUT2D eigenvalue weighted by Crippen LogP contribution is -2.31. The number of aliphatic hydroxyl groups is 1. The molecule has 1 aliphatic carbocycles. The second-order valence-corrected chi connectivity index (χ2v) is 5.17. The molecule has 1 saturated carbocycles. The van der Waals surface area contributed by atoms with E-state index in [1.54, 1.807) is 0 Å². The van der Waals surface area contributed by atoms with Gasteiger partial charge in [-0.25, -0.2) is 0 Å². The van der Waals surface area contributed by atoms with E-state index in [9.17, 15) is 4.79 Å². The van der Waals surface area contributed by atoms with Gasteiger partial charge in [-0.15, -0.1) is 0 Å². The van der Waals surface area contributed by atoms with Crippen LogP contribution in [0, 0.1) is 17.8 Å². The lowest BCUT2D eigenvalue weighted by molar-refractivity contribution is -0.126. The number of rotatable bonds is 3. The molecule has 0 radical (unpaired) electrons. The molecular formula is C17H21NO2. The van der Waals surface area contributed by atoms with E-state index in [4.69, 9.17) is 5.11 Å². The Kier molecular flexibility index (Phi) is 5.64. The number of hydrogen-bond acceptors (Lipinski definition) is 2. The van der Waals surface area contributed by atoms with Crippen LogP contribution in [-0.4, -0.2) is 17.6 Å². The van der Waals surface area contributed by atoms with Crippen LogP contribution in [0.5, 0.6) is 0 Å². The molecule has 2 rings (SSSR count). The number of amides is 1. The van der Waals surface area contributed by atoms with Crippen LogP contribution in [0.3, 0.4) is 0 Å². The highest BCUT2D eigenvalue weighted by Crippen LogP contribution is 2.23. The van der Waals surface area contributed by atoms with E-state index < -0.39 is 0 Å². The number of benzene rings is 1. The van der Waals surface area contributed by atoms with E-state index in [2.05, 4.69) is 17.2 Å². The molecule has 3 heteroatoms. The van der Waals surface area contributed by atoms with Gasteiger partial charge in [0.2, 0.25) is 5.91 Å². The Morgan fingerprint density at radius 1 is 1.25 bits per heavy atom. The zero-order valence-corrected chi connectivity index (χ0v) is 11.7. The molecule has 106 valence electrons. The van der Waals surface area contributed by atoms with Gasteiger partial charge in [-0.1, -0.05) is 49.3 Å². The summed E-state index contributed by atoms with van der Waals surface area (Å²) in [5.41, 5.74) is 1.86. The van der Waals surface area contributed by atoms with Crippen molar-refractivity contribution in [2.45, 2.75) is 38.6 Å². The van der Waals surface area contributed by atoms with E-state index in [0.717, 1.165) is 36.8 Å². The fourth-order valence-electron chi connectivity index (χ4n) is 2.62. The van der Waals surface area contributed by atoms with Crippen molar-refractivity contribution in [1.29, 1.82) is 0 Å². The largest absolute Gasteiger partial charge is 0.384 e. The number of hydrogen-bond donors (Lipinski definition) is 2. The van der Waals surface area contributed by atoms with Gasteiger partial charge in [-0.2, -0.15) is 0 Å². The van der Waals surface area contributed by atoms with Crippen LogP contribution in [0.15, 0.2) is 24.3 Å². The summed E-state index contributed by atoms with van der Waals surface area (Å²) in [7, 11) is 0. The van der Waals surface area contributed by atoms with Gasteiger partial charge in [0.1, 0.15) is 6.61 Å². The zero-order chi connectivity index (χ0) is 14.2. The number of nitrogens with one attached hydrogen (secondary N) is 1. The van der Waals surface area contributed by atoms with Crippen LogP contribution in [0.4, 0.5) is 0 Å². The van der Waals surface area contributed by atoms with Crippen molar-refractivity contribution >= 4 is 5.91 Å². The van der Waals surface area contributed by atoms with Gasteiger partial charge in [0.15, 0.2) is 0 Å². The lowest BCUT2D eigenvalue weighted by atomic mass is 9.88. The summed E-state index contributed by atoms with van der Waals surface area (Å²) in [4.78, 5) is 12.1. The molecule has 1 amide bonds. The Balaban J connectivity index is 1.94. The maximum atomic E-state index is 12.1. The first-order valence-corrected chi connectivity index (χ1v) is 7.26. The third kappa shape index (κ3) is 4.11. The summed E-state index contributed by atoms with van der Waals surface area (Å²) in [6, 6.07) is 7.72. The van der Waals surface area contributed by atoms with Crippen LogP contribution in [0.25, 0.3) is 0 Å². The van der Waals surface area contributed by atoms with E-state index >= 15 is 0 Å². The van der Waals surface area contributed by atoms with Crippen molar-refractivity contribution in [3.8, 4) is 11.8 Å². The molecule has 0 aromatic heterocycles. The SMILES string of the molecule is O=C(NCc1ccccc1C#CCO)C1CCCCC1. The normalized spacial score (nSPS) is 15.2. The molecule has 3 nitrogen and oxygen atoms in total. The molecule has 0 bridgehead atoms. The highest BCUT2D eigenvalue weighted by Gasteiger charge is 2.20. The fourth-order valence-corrected chi connectivity index (χ4v) is 2.62. The van der Waals surface area contributed by atoms with Gasteiger partial charge in [-0.3, -0.25) is 4.79 Å². The van der Waals surface area contributed by atoms with Gasteiger partial charge in [0.05, 0.1) is 0 Å². The maximum Gasteiger partial charge on any atom is 0.223 e. The summed E-state index contributed by atoms with van der Waals surface area (Å²) in [5.74, 6) is 5.91. The summed E-state index contributed by atoms with van der Waals surface area (Å²) in [6.07, 6.45) is 5.60. The maximum absolute atomic E-state index is 12.1. The van der Waals surface area contributed by atoms with Gasteiger partial charge >= 0.3 is 0 Å². The fraction of sp³-hybridized carbons (Fsp3) is 0.471. The molecule has 20 heavy (non-hydrogen) atoms. The molecule has 1 aromatic rings. The first-order chi connectivity index (χ1) is 9.81. The lowest BCUT2D eigenvalue weighted by Gasteiger charge is -2.20. The molecule has 0 atom stereocenters. The Labute approximate surface area is 120 Å². The van der Waals surface area contributed by atoms with Gasteiger partial charge in [0.25, 0.3) is 0 Å². The Morgan fingerprint density at radius 3 is 2.75 bits per heavy atom. The molecule has 1 aromatic carbocycles. The smallest absolute Gasteiger partial charge is 0.223 e. The number of carbonyl (C=O) groups excluding carboxylic acids is 1. The molecule has 2 N–H and O–H groups in total. The van der Waals surface area contributed by atoms with Crippen LogP contribution in [0.1, 0.15) is 43.2 Å². The van der Waals surface area contributed by atoms with Crippen LogP contribution in [0.2, 0.25) is 0 Å². The molecule has 0 aliphatic heterocycles. The zero-order valence-electron chi connectivity index (χ0n) is 11.7. The summed E-state index contributed by atoms with van der Waals surface area (Å²) < 4.78 is 0. The minimum Gasteiger partial charge on any atom is -0.384 e. The predicted octanol–water partition coefficient (Wildman–Crippen LogP) is 2.23. The standard InChI is InChI=1S/C17H21NO2/c19-12-6-11-14-7-4-5-10-16(14)13-18-17(20)15-8-2-1-3-9-15/h4-5,7,10,15,19H,1-3,8-9,12-13H2,(H,18,20). The first-order valence-electron chi connectivity index (χ1n) is 7.26. The first kappa shape index (κ1) is 14.6. The van der Waals surface area contributed by atoms with Crippen molar-refractivity contribution in [3.05, 3.63) is 35.4 Å². The minimum atomic E-state index is -0.150. The molecule has 1 fully saturated rings. The quantitative estimate of drug-likeness (QED) is 0.828. The van der Waals surface area contributed by atoms with Crippen molar-refractivity contribution in [2.24, 2.45) is 5.92 Å². The van der Waals surface area contributed by atoms with Crippen LogP contribution in [-0.2, 0) is 11.3 Å². The molecule has 0 unspecified atom stereocenters. The highest BCUT2D eigenvalue weighted by molar-refractivity contribution is 5.78. The van der Waals surface area contributed by atoms with E-state index in [1.165, 1.54) is 6.42 Å². The molecule has 0 spiro atoms. The summed E-state index contributed by atoms with van der Waals surface area (Å²) in [5, 5.41) is 11.8. The van der Waals surface area contributed by atoms with Crippen molar-refractivity contribution < 1.29 is 9.90 Å². The molecule has 0 heterocycles. The van der Waals surface area contributed by atoms with Gasteiger partial charge in [-0.05, 0) is 24.5 Å². The second-order valence-electron chi connectivity index (χ2n) is 5.17. The minimum absolute atomic E-state index is 0.150. The average Bonchev–Trinajstić information content (AvgIpc) is 2.52. The number of carbonyl (C=O) groups is 1. The van der Waals surface area contributed by atoms with E-state index in [1.807, 2.05) is 24.3 Å². The van der Waals surface area contributed by atoms with E-state index in [0.29, 0.717) is 6.54 Å². The Hall–Kier alpha value is -1.79. The molecule has 0 saturated heterocycles. The summed E-state index contributed by atoms with van der Waals surface area (Å²) in [6.45, 7) is 0.356. The Bertz CT molecular complexity index is 507. The van der Waals surface area contributed by atoms with Crippen LogP contribution >= 0.6 is 0 Å². The molecular weight excluding hydrogens is 250 g/mol. The topological polar surface area (TPSA) is 49.3 Å². The number of aliphatic hydroxyl groups excluding tert-OH is 1. The van der Waals surface area contributed by atoms with Gasteiger partial charge in [0, 0.05) is 18.0 Å². The van der Waals surface area contributed by atoms with E-state index in [-0.39, 0.29) is 18.4 Å².